The van der Waals surface area contributed by atoms with Crippen molar-refractivity contribution in [3.63, 3.8) is 0 Å². The van der Waals surface area contributed by atoms with E-state index in [-0.39, 0.29) is 16.4 Å². The highest BCUT2D eigenvalue weighted by Crippen LogP contribution is 2.20. The molecule has 0 bridgehead atoms. The van der Waals surface area contributed by atoms with Gasteiger partial charge in [-0.1, -0.05) is 18.7 Å². The van der Waals surface area contributed by atoms with E-state index in [0.717, 1.165) is 18.2 Å². The van der Waals surface area contributed by atoms with Crippen molar-refractivity contribution in [2.75, 3.05) is 0 Å². The Morgan fingerprint density at radius 3 is 2.56 bits per heavy atom. The van der Waals surface area contributed by atoms with Gasteiger partial charge in [0.25, 0.3) is 5.24 Å². The lowest BCUT2D eigenvalue weighted by Crippen LogP contribution is -2.23. The summed E-state index contributed by atoms with van der Waals surface area (Å²) in [5.41, 5.74) is 0. The molecule has 0 radical (unpaired) electrons. The molecule has 0 unspecified atom stereocenters. The fourth-order valence-electron chi connectivity index (χ4n) is 0.662. The van der Waals surface area contributed by atoms with E-state index in [0.29, 0.717) is 0 Å². The summed E-state index contributed by atoms with van der Waals surface area (Å²) in [5.74, 6) is -0.146. The van der Waals surface area contributed by atoms with Crippen LogP contribution in [0.4, 0.5) is 4.79 Å². The average Bonchev–Trinajstić information content (AvgIpc) is 2.10. The van der Waals surface area contributed by atoms with Gasteiger partial charge in [0.1, 0.15) is 0 Å². The van der Waals surface area contributed by atoms with E-state index in [1.807, 2.05) is 6.92 Å². The molecule has 1 atom stereocenters. The predicted molar refractivity (Wildman–Crippen MR) is 35.2 cm³/mol. The van der Waals surface area contributed by atoms with Gasteiger partial charge in [-0.25, -0.2) is 0 Å². The van der Waals surface area contributed by atoms with Crippen LogP contribution < -0.4 is 5.32 Å². The van der Waals surface area contributed by atoms with Crippen molar-refractivity contribution in [1.29, 1.82) is 0 Å². The Bertz CT molecular complexity index is 157. The summed E-state index contributed by atoms with van der Waals surface area (Å²) in [6.45, 7) is 1.88. The molecule has 1 rings (SSSR count). The Balaban J connectivity index is 2.58. The maximum Gasteiger partial charge on any atom is 0.286 e. The third-order valence-corrected chi connectivity index (χ3v) is 2.29. The second-order valence-electron chi connectivity index (χ2n) is 1.79. The van der Waals surface area contributed by atoms with Crippen molar-refractivity contribution in [3.8, 4) is 0 Å². The number of imide groups is 1. The Hall–Kier alpha value is -0.510. The van der Waals surface area contributed by atoms with Gasteiger partial charge in [0, 0.05) is 0 Å². The smallest absolute Gasteiger partial charge is 0.286 e. The van der Waals surface area contributed by atoms with Crippen LogP contribution in [0.2, 0.25) is 0 Å². The highest BCUT2D eigenvalue weighted by molar-refractivity contribution is 8.15. The van der Waals surface area contributed by atoms with Crippen molar-refractivity contribution in [3.05, 3.63) is 0 Å². The summed E-state index contributed by atoms with van der Waals surface area (Å²) in [6, 6.07) is 0. The minimum atomic E-state index is -0.216. The number of rotatable bonds is 1. The molecule has 2 amide bonds. The first-order valence-corrected chi connectivity index (χ1v) is 3.63. The van der Waals surface area contributed by atoms with Crippen LogP contribution in [0, 0.1) is 0 Å². The van der Waals surface area contributed by atoms with Crippen LogP contribution in [-0.2, 0) is 4.79 Å². The van der Waals surface area contributed by atoms with Gasteiger partial charge >= 0.3 is 0 Å². The molecule has 1 aliphatic rings. The lowest BCUT2D eigenvalue weighted by Gasteiger charge is -1.94. The largest absolute Gasteiger partial charge is 0.286 e. The second-order valence-corrected chi connectivity index (χ2v) is 2.97. The van der Waals surface area contributed by atoms with Crippen molar-refractivity contribution in [2.24, 2.45) is 0 Å². The van der Waals surface area contributed by atoms with Crippen LogP contribution in [0.1, 0.15) is 13.3 Å². The van der Waals surface area contributed by atoms with Gasteiger partial charge in [0.05, 0.1) is 5.25 Å². The summed E-state index contributed by atoms with van der Waals surface area (Å²) >= 11 is 1.07. The molecule has 0 aromatic carbocycles. The first-order valence-electron chi connectivity index (χ1n) is 2.75. The van der Waals surface area contributed by atoms with Crippen LogP contribution in [0.3, 0.4) is 0 Å². The van der Waals surface area contributed by atoms with Gasteiger partial charge in [0.15, 0.2) is 0 Å². The van der Waals surface area contributed by atoms with Crippen molar-refractivity contribution in [1.82, 2.24) is 5.32 Å². The van der Waals surface area contributed by atoms with E-state index in [1.165, 1.54) is 0 Å². The lowest BCUT2D eigenvalue weighted by atomic mass is 10.3. The second kappa shape index (κ2) is 2.39. The highest BCUT2D eigenvalue weighted by Gasteiger charge is 2.29. The fourth-order valence-corrected chi connectivity index (χ4v) is 1.41. The molecule has 0 aromatic heterocycles. The van der Waals surface area contributed by atoms with Gasteiger partial charge in [0.2, 0.25) is 5.91 Å². The maximum absolute atomic E-state index is 10.7. The fraction of sp³-hybridized carbons (Fsp3) is 0.600. The number of carbonyl (C=O) groups excluding carboxylic acids is 2. The van der Waals surface area contributed by atoms with Gasteiger partial charge in [-0.2, -0.15) is 0 Å². The molecule has 1 heterocycles. The summed E-state index contributed by atoms with van der Waals surface area (Å²) in [4.78, 5) is 21.1. The average molecular weight is 145 g/mol. The van der Waals surface area contributed by atoms with Crippen molar-refractivity contribution < 1.29 is 9.59 Å². The van der Waals surface area contributed by atoms with E-state index in [2.05, 4.69) is 5.32 Å². The number of thioether (sulfide) groups is 1. The first-order chi connectivity index (χ1) is 4.24. The molecular weight excluding hydrogens is 138 g/mol. The van der Waals surface area contributed by atoms with Crippen molar-refractivity contribution in [2.45, 2.75) is 18.6 Å². The normalized spacial score (nSPS) is 26.6. The molecule has 50 valence electrons. The first kappa shape index (κ1) is 6.61. The molecule has 4 heteroatoms. The van der Waals surface area contributed by atoms with Crippen LogP contribution in [0.5, 0.6) is 0 Å². The van der Waals surface area contributed by atoms with Crippen LogP contribution in [-0.4, -0.2) is 16.4 Å². The van der Waals surface area contributed by atoms with Gasteiger partial charge in [-0.3, -0.25) is 14.9 Å². The Morgan fingerprint density at radius 2 is 2.33 bits per heavy atom. The zero-order valence-corrected chi connectivity index (χ0v) is 5.83. The molecule has 0 spiro atoms. The SMILES string of the molecule is CC[C@@H]1SC(=O)NC1=O. The van der Waals surface area contributed by atoms with Gasteiger partial charge < -0.3 is 0 Å². The molecule has 3 nitrogen and oxygen atoms in total. The van der Waals surface area contributed by atoms with Crippen LogP contribution in [0.25, 0.3) is 0 Å². The Labute approximate surface area is 57.2 Å². The number of hydrogen-bond donors (Lipinski definition) is 1. The molecule has 0 aliphatic carbocycles. The minimum absolute atomic E-state index is 0.141. The summed E-state index contributed by atoms with van der Waals surface area (Å²) < 4.78 is 0. The highest BCUT2D eigenvalue weighted by atomic mass is 32.2. The molecule has 9 heavy (non-hydrogen) atoms. The third kappa shape index (κ3) is 1.24. The topological polar surface area (TPSA) is 46.2 Å². The van der Waals surface area contributed by atoms with E-state index in [1.54, 1.807) is 0 Å². The molecule has 0 saturated carbocycles. The maximum atomic E-state index is 10.7. The zero-order chi connectivity index (χ0) is 6.85. The quantitative estimate of drug-likeness (QED) is 0.592. The molecule has 0 aromatic rings. The summed E-state index contributed by atoms with van der Waals surface area (Å²) in [6.07, 6.45) is 0.724. The van der Waals surface area contributed by atoms with Gasteiger partial charge in [-0.15, -0.1) is 0 Å². The summed E-state index contributed by atoms with van der Waals surface area (Å²) in [7, 11) is 0. The predicted octanol–water partition coefficient (Wildman–Crippen LogP) is 0.748. The van der Waals surface area contributed by atoms with E-state index < -0.39 is 0 Å². The van der Waals surface area contributed by atoms with E-state index in [4.69, 9.17) is 0 Å². The van der Waals surface area contributed by atoms with E-state index in [9.17, 15) is 9.59 Å². The monoisotopic (exact) mass is 145 g/mol. The molecule has 1 aliphatic heterocycles. The number of nitrogens with one attached hydrogen (secondary N) is 1. The molecule has 1 N–H and O–H groups in total. The number of carbonyl (C=O) groups is 2. The Morgan fingerprint density at radius 1 is 1.67 bits per heavy atom. The molecule has 1 saturated heterocycles. The molecule has 1 fully saturated rings. The van der Waals surface area contributed by atoms with E-state index >= 15 is 0 Å². The zero-order valence-electron chi connectivity index (χ0n) is 5.01. The standard InChI is InChI=1S/C5H7NO2S/c1-2-3-4(7)6-5(8)9-3/h3H,2H2,1H3,(H,6,7,8)/t3-/m0/s1. The van der Waals surface area contributed by atoms with Gasteiger partial charge in [-0.05, 0) is 6.42 Å². The number of hydrogen-bond acceptors (Lipinski definition) is 3. The Kier molecular flexibility index (Phi) is 1.75. The van der Waals surface area contributed by atoms with Crippen molar-refractivity contribution >= 4 is 22.9 Å². The van der Waals surface area contributed by atoms with Crippen LogP contribution >= 0.6 is 11.8 Å². The summed E-state index contributed by atoms with van der Waals surface area (Å²) in [5, 5.41) is 1.85. The molecular formula is C5H7NO2S. The third-order valence-electron chi connectivity index (χ3n) is 1.14. The minimum Gasteiger partial charge on any atom is -0.286 e. The number of amides is 2. The van der Waals surface area contributed by atoms with Crippen LogP contribution in [0.15, 0.2) is 0 Å². The lowest BCUT2D eigenvalue weighted by molar-refractivity contribution is -0.119.